The van der Waals surface area contributed by atoms with Crippen molar-refractivity contribution in [3.63, 3.8) is 0 Å². The first-order valence-electron chi connectivity index (χ1n) is 11.9. The molecule has 0 aliphatic heterocycles. The van der Waals surface area contributed by atoms with Gasteiger partial charge in [-0.15, -0.1) is 0 Å². The number of ether oxygens (including phenoxy) is 4. The van der Waals surface area contributed by atoms with E-state index in [0.29, 0.717) is 40.1 Å². The second-order valence-corrected chi connectivity index (χ2v) is 8.32. The first kappa shape index (κ1) is 25.3. The topological polar surface area (TPSA) is 121 Å². The van der Waals surface area contributed by atoms with Crippen molar-refractivity contribution in [3.05, 3.63) is 78.8 Å². The van der Waals surface area contributed by atoms with Gasteiger partial charge in [-0.3, -0.25) is 0 Å². The molecular formula is C28H26N6O5. The van der Waals surface area contributed by atoms with Gasteiger partial charge in [0.2, 0.25) is 0 Å². The molecule has 5 aromatic rings. The summed E-state index contributed by atoms with van der Waals surface area (Å²) < 4.78 is 22.5. The largest absolute Gasteiger partial charge is 0.496 e. The van der Waals surface area contributed by atoms with Crippen LogP contribution in [0.3, 0.4) is 0 Å². The lowest BCUT2D eigenvalue weighted by atomic mass is 10.1. The summed E-state index contributed by atoms with van der Waals surface area (Å²) in [6, 6.07) is 18.7. The smallest absolute Gasteiger partial charge is 0.341 e. The molecule has 2 N–H and O–H groups in total. The Balaban J connectivity index is 1.46. The number of benzene rings is 2. The van der Waals surface area contributed by atoms with Crippen LogP contribution in [0, 0.1) is 0 Å². The van der Waals surface area contributed by atoms with E-state index in [0.717, 1.165) is 22.5 Å². The fourth-order valence-corrected chi connectivity index (χ4v) is 4.10. The Morgan fingerprint density at radius 1 is 0.821 bits per heavy atom. The van der Waals surface area contributed by atoms with E-state index >= 15 is 0 Å². The number of methoxy groups -OCH3 is 4. The average Bonchev–Trinajstić information content (AvgIpc) is 3.46. The summed E-state index contributed by atoms with van der Waals surface area (Å²) in [5.74, 6) is 1.42. The minimum absolute atomic E-state index is 0.351. The highest BCUT2D eigenvalue weighted by Gasteiger charge is 2.14. The Bertz CT molecular complexity index is 1650. The second-order valence-electron chi connectivity index (χ2n) is 8.32. The Kier molecular flexibility index (Phi) is 7.13. The summed E-state index contributed by atoms with van der Waals surface area (Å²) in [5.41, 5.74) is 5.15. The highest BCUT2D eigenvalue weighted by atomic mass is 16.5. The van der Waals surface area contributed by atoms with Crippen LogP contribution in [0.15, 0.2) is 73.2 Å². The lowest BCUT2D eigenvalue weighted by molar-refractivity contribution is 0.0597. The summed E-state index contributed by atoms with van der Waals surface area (Å²) in [4.78, 5) is 20.9. The van der Waals surface area contributed by atoms with Crippen molar-refractivity contribution < 1.29 is 23.7 Å². The Morgan fingerprint density at radius 3 is 2.41 bits per heavy atom. The van der Waals surface area contributed by atoms with E-state index in [2.05, 4.69) is 25.7 Å². The van der Waals surface area contributed by atoms with Crippen LogP contribution in [-0.2, 0) is 4.74 Å². The molecule has 0 fully saturated rings. The lowest BCUT2D eigenvalue weighted by Crippen LogP contribution is -2.04. The Hall–Kier alpha value is -5.32. The van der Waals surface area contributed by atoms with Gasteiger partial charge < -0.3 is 29.6 Å². The molecule has 0 radical (unpaired) electrons. The third kappa shape index (κ3) is 5.23. The molecule has 0 aliphatic carbocycles. The third-order valence-electron chi connectivity index (χ3n) is 5.97. The van der Waals surface area contributed by atoms with Crippen molar-refractivity contribution in [2.24, 2.45) is 0 Å². The zero-order chi connectivity index (χ0) is 27.4. The van der Waals surface area contributed by atoms with Gasteiger partial charge in [-0.1, -0.05) is 12.1 Å². The van der Waals surface area contributed by atoms with E-state index in [1.54, 1.807) is 42.0 Å². The van der Waals surface area contributed by atoms with E-state index in [1.165, 1.54) is 27.7 Å². The molecule has 0 bridgehead atoms. The van der Waals surface area contributed by atoms with Crippen LogP contribution in [0.2, 0.25) is 0 Å². The van der Waals surface area contributed by atoms with Crippen molar-refractivity contribution in [1.29, 1.82) is 0 Å². The van der Waals surface area contributed by atoms with Crippen LogP contribution < -0.4 is 24.8 Å². The maximum absolute atomic E-state index is 12.0. The number of carbonyl (C=O) groups is 1. The van der Waals surface area contributed by atoms with Gasteiger partial charge in [-0.25, -0.2) is 14.3 Å². The van der Waals surface area contributed by atoms with Crippen LogP contribution in [0.4, 0.5) is 22.9 Å². The Labute approximate surface area is 224 Å². The van der Waals surface area contributed by atoms with Crippen molar-refractivity contribution in [2.45, 2.75) is 0 Å². The first-order valence-corrected chi connectivity index (χ1v) is 11.9. The molecule has 5 rings (SSSR count). The number of anilines is 4. The molecule has 11 nitrogen and oxygen atoms in total. The van der Waals surface area contributed by atoms with Crippen molar-refractivity contribution in [1.82, 2.24) is 19.6 Å². The molecule has 0 atom stereocenters. The molecule has 3 aromatic heterocycles. The zero-order valence-electron chi connectivity index (χ0n) is 21.8. The number of nitrogens with one attached hydrogen (secondary N) is 2. The minimum Gasteiger partial charge on any atom is -0.496 e. The lowest BCUT2D eigenvalue weighted by Gasteiger charge is -2.13. The predicted molar refractivity (Wildman–Crippen MR) is 147 cm³/mol. The third-order valence-corrected chi connectivity index (χ3v) is 5.97. The number of rotatable bonds is 9. The molecule has 198 valence electrons. The van der Waals surface area contributed by atoms with Gasteiger partial charge in [0.25, 0.3) is 5.88 Å². The van der Waals surface area contributed by atoms with Gasteiger partial charge in [0.1, 0.15) is 23.5 Å². The van der Waals surface area contributed by atoms with Crippen LogP contribution >= 0.6 is 0 Å². The van der Waals surface area contributed by atoms with Gasteiger partial charge in [-0.2, -0.15) is 10.1 Å². The van der Waals surface area contributed by atoms with Gasteiger partial charge in [0.05, 0.1) is 34.1 Å². The molecular weight excluding hydrogens is 500 g/mol. The number of hydrogen-bond acceptors (Lipinski definition) is 10. The molecule has 0 amide bonds. The highest BCUT2D eigenvalue weighted by Crippen LogP contribution is 2.32. The number of pyridine rings is 2. The van der Waals surface area contributed by atoms with Crippen LogP contribution in [-0.4, -0.2) is 54.0 Å². The summed E-state index contributed by atoms with van der Waals surface area (Å²) in [6.45, 7) is 0. The summed E-state index contributed by atoms with van der Waals surface area (Å²) in [6.07, 6.45) is 3.40. The molecule has 11 heteroatoms. The number of nitrogens with zero attached hydrogens (tertiary/aromatic N) is 4. The average molecular weight is 527 g/mol. The SMILES string of the molecule is COC(=O)c1ccc(Nc2cccc(-c3cc(Nc4ccc(OC)c(OC)n4)c4ncnn4c3)c2)cc1OC. The number of carbonyl (C=O) groups excluding carboxylic acids is 1. The summed E-state index contributed by atoms with van der Waals surface area (Å²) >= 11 is 0. The molecule has 0 aliphatic rings. The number of fused-ring (bicyclic) bond motifs is 1. The van der Waals surface area contributed by atoms with Gasteiger partial charge >= 0.3 is 5.97 Å². The maximum atomic E-state index is 12.0. The zero-order valence-corrected chi connectivity index (χ0v) is 21.8. The second kappa shape index (κ2) is 11.0. The molecule has 0 saturated heterocycles. The fraction of sp³-hybridized carbons (Fsp3) is 0.143. The van der Waals surface area contributed by atoms with Crippen molar-refractivity contribution >= 4 is 34.5 Å². The molecule has 0 unspecified atom stereocenters. The predicted octanol–water partition coefficient (Wildman–Crippen LogP) is 5.09. The van der Waals surface area contributed by atoms with E-state index in [4.69, 9.17) is 18.9 Å². The molecule has 0 spiro atoms. The summed E-state index contributed by atoms with van der Waals surface area (Å²) in [5, 5.41) is 11.0. The molecule has 39 heavy (non-hydrogen) atoms. The fourth-order valence-electron chi connectivity index (χ4n) is 4.10. The highest BCUT2D eigenvalue weighted by molar-refractivity contribution is 5.93. The van der Waals surface area contributed by atoms with E-state index < -0.39 is 5.97 Å². The van der Waals surface area contributed by atoms with Gasteiger partial charge in [-0.05, 0) is 48.0 Å². The van der Waals surface area contributed by atoms with Crippen molar-refractivity contribution in [3.8, 4) is 28.5 Å². The van der Waals surface area contributed by atoms with Crippen LogP contribution in [0.25, 0.3) is 16.8 Å². The number of esters is 1. The summed E-state index contributed by atoms with van der Waals surface area (Å²) in [7, 11) is 5.94. The minimum atomic E-state index is -0.461. The molecule has 3 heterocycles. The van der Waals surface area contributed by atoms with Crippen LogP contribution in [0.1, 0.15) is 10.4 Å². The standard InChI is InChI=1S/C28H26N6O5/c1-36-23-10-11-25(33-27(23)38-3)32-22-13-18(15-34-26(22)29-16-30-34)17-6-5-7-19(12-17)31-20-8-9-21(28(35)39-4)24(14-20)37-2/h5-16,31H,1-4H3,(H,32,33). The monoisotopic (exact) mass is 526 g/mol. The van der Waals surface area contributed by atoms with Gasteiger partial charge in [0, 0.05) is 29.2 Å². The van der Waals surface area contributed by atoms with Gasteiger partial charge in [0.15, 0.2) is 11.4 Å². The normalized spacial score (nSPS) is 10.7. The van der Waals surface area contributed by atoms with E-state index in [1.807, 2.05) is 36.5 Å². The molecule has 0 saturated carbocycles. The van der Waals surface area contributed by atoms with Crippen molar-refractivity contribution in [2.75, 3.05) is 39.1 Å². The molecule has 2 aromatic carbocycles. The number of aromatic nitrogens is 4. The van der Waals surface area contributed by atoms with E-state index in [9.17, 15) is 4.79 Å². The Morgan fingerprint density at radius 2 is 1.64 bits per heavy atom. The maximum Gasteiger partial charge on any atom is 0.341 e. The quantitative estimate of drug-likeness (QED) is 0.251. The number of hydrogen-bond donors (Lipinski definition) is 2. The van der Waals surface area contributed by atoms with Crippen LogP contribution in [0.5, 0.6) is 17.4 Å². The first-order chi connectivity index (χ1) is 19.0. The van der Waals surface area contributed by atoms with E-state index in [-0.39, 0.29) is 0 Å².